The Labute approximate surface area is 150 Å². The summed E-state index contributed by atoms with van der Waals surface area (Å²) in [6, 6.07) is 2.33. The third-order valence-corrected chi connectivity index (χ3v) is 6.18. The highest BCUT2D eigenvalue weighted by Gasteiger charge is 2.28. The van der Waals surface area contributed by atoms with E-state index in [1.54, 1.807) is 6.92 Å². The van der Waals surface area contributed by atoms with Gasteiger partial charge in [0.25, 0.3) is 5.69 Å². The van der Waals surface area contributed by atoms with E-state index in [1.807, 2.05) is 6.92 Å². The van der Waals surface area contributed by atoms with Crippen molar-refractivity contribution in [2.45, 2.75) is 31.2 Å². The van der Waals surface area contributed by atoms with Crippen molar-refractivity contribution in [3.05, 3.63) is 32.3 Å². The number of nitrogens with one attached hydrogen (secondary N) is 2. The molecule has 2 N–H and O–H groups in total. The van der Waals surface area contributed by atoms with E-state index in [4.69, 9.17) is 0 Å². The van der Waals surface area contributed by atoms with Gasteiger partial charge in [-0.15, -0.1) is 12.4 Å². The largest absolute Gasteiger partial charge is 0.316 e. The number of piperidine rings is 1. The van der Waals surface area contributed by atoms with Crippen LogP contribution >= 0.6 is 28.3 Å². The molecule has 0 aliphatic carbocycles. The van der Waals surface area contributed by atoms with Gasteiger partial charge in [-0.2, -0.15) is 0 Å². The molecule has 1 aliphatic heterocycles. The van der Waals surface area contributed by atoms with Crippen molar-refractivity contribution in [2.75, 3.05) is 13.1 Å². The Morgan fingerprint density at radius 1 is 1.43 bits per heavy atom. The molecule has 0 amide bonds. The highest BCUT2D eigenvalue weighted by molar-refractivity contribution is 9.10. The summed E-state index contributed by atoms with van der Waals surface area (Å²) < 4.78 is 28.1. The van der Waals surface area contributed by atoms with E-state index in [1.165, 1.54) is 6.07 Å². The van der Waals surface area contributed by atoms with Crippen molar-refractivity contribution in [1.82, 2.24) is 10.0 Å². The van der Waals surface area contributed by atoms with Gasteiger partial charge in [-0.25, -0.2) is 13.1 Å². The van der Waals surface area contributed by atoms with Crippen LogP contribution in [0.25, 0.3) is 0 Å². The first-order chi connectivity index (χ1) is 10.2. The fraction of sp³-hybridized carbons (Fsp3) is 0.538. The van der Waals surface area contributed by atoms with Crippen LogP contribution in [-0.4, -0.2) is 32.5 Å². The minimum Gasteiger partial charge on any atom is -0.316 e. The van der Waals surface area contributed by atoms with E-state index in [0.29, 0.717) is 16.5 Å². The van der Waals surface area contributed by atoms with Crippen LogP contribution in [-0.2, 0) is 10.0 Å². The maximum Gasteiger partial charge on any atom is 0.274 e. The molecule has 1 aliphatic rings. The number of benzene rings is 1. The summed E-state index contributed by atoms with van der Waals surface area (Å²) in [4.78, 5) is 10.4. The Balaban J connectivity index is 0.00000264. The maximum atomic E-state index is 12.5. The number of hydrogen-bond acceptors (Lipinski definition) is 5. The van der Waals surface area contributed by atoms with Gasteiger partial charge in [0, 0.05) is 22.1 Å². The lowest BCUT2D eigenvalue weighted by Gasteiger charge is -2.29. The summed E-state index contributed by atoms with van der Waals surface area (Å²) in [7, 11) is -3.80. The molecule has 7 nitrogen and oxygen atoms in total. The summed E-state index contributed by atoms with van der Waals surface area (Å²) in [5.41, 5.74) is 0.187. The average Bonchev–Trinajstić information content (AvgIpc) is 2.43. The molecule has 0 saturated carbocycles. The monoisotopic (exact) mass is 427 g/mol. The number of nitro benzene ring substituents is 1. The molecule has 1 aromatic carbocycles. The first-order valence-electron chi connectivity index (χ1n) is 6.90. The zero-order valence-corrected chi connectivity index (χ0v) is 15.9. The molecule has 0 radical (unpaired) electrons. The van der Waals surface area contributed by atoms with E-state index in [0.717, 1.165) is 19.2 Å². The van der Waals surface area contributed by atoms with Crippen molar-refractivity contribution in [3.63, 3.8) is 0 Å². The first kappa shape index (κ1) is 20.3. The third kappa shape index (κ3) is 4.63. The van der Waals surface area contributed by atoms with Crippen LogP contribution < -0.4 is 10.0 Å². The Morgan fingerprint density at radius 2 is 2.09 bits per heavy atom. The predicted molar refractivity (Wildman–Crippen MR) is 93.5 cm³/mol. The molecule has 0 spiro atoms. The highest BCUT2D eigenvalue weighted by Crippen LogP contribution is 2.30. The SMILES string of the molecule is Cc1c(Br)cc(S(=O)(=O)NC2CCNCC2C)cc1[N+](=O)[O-].Cl. The quantitative estimate of drug-likeness (QED) is 0.566. The second-order valence-corrected chi connectivity index (χ2v) is 8.07. The van der Waals surface area contributed by atoms with Crippen molar-refractivity contribution < 1.29 is 13.3 Å². The Hall–Kier alpha value is -0.740. The van der Waals surface area contributed by atoms with Gasteiger partial charge in [0.05, 0.1) is 9.82 Å². The number of sulfonamides is 1. The van der Waals surface area contributed by atoms with E-state index in [-0.39, 0.29) is 34.9 Å². The minimum atomic E-state index is -3.80. The smallest absolute Gasteiger partial charge is 0.274 e. The summed E-state index contributed by atoms with van der Waals surface area (Å²) in [6.45, 7) is 5.02. The molecule has 0 bridgehead atoms. The fourth-order valence-electron chi connectivity index (χ4n) is 2.44. The fourth-order valence-corrected chi connectivity index (χ4v) is 4.47. The Kier molecular flexibility index (Phi) is 6.96. The Morgan fingerprint density at radius 3 is 2.65 bits per heavy atom. The number of nitrogens with zero attached hydrogens (tertiary/aromatic N) is 1. The van der Waals surface area contributed by atoms with Gasteiger partial charge in [0.15, 0.2) is 0 Å². The van der Waals surface area contributed by atoms with Crippen LogP contribution in [0, 0.1) is 23.0 Å². The van der Waals surface area contributed by atoms with Crippen LogP contribution in [0.4, 0.5) is 5.69 Å². The number of hydrogen-bond donors (Lipinski definition) is 2. The van der Waals surface area contributed by atoms with E-state index < -0.39 is 14.9 Å². The van der Waals surface area contributed by atoms with Gasteiger partial charge < -0.3 is 5.32 Å². The van der Waals surface area contributed by atoms with Crippen LogP contribution in [0.3, 0.4) is 0 Å². The van der Waals surface area contributed by atoms with Gasteiger partial charge in [-0.05, 0) is 38.4 Å². The summed E-state index contributed by atoms with van der Waals surface area (Å²) >= 11 is 3.19. The topological polar surface area (TPSA) is 101 Å². The molecule has 1 heterocycles. The normalized spacial score (nSPS) is 21.5. The minimum absolute atomic E-state index is 0. The molecule has 10 heteroatoms. The molecule has 23 heavy (non-hydrogen) atoms. The van der Waals surface area contributed by atoms with Gasteiger partial charge in [0.2, 0.25) is 10.0 Å². The van der Waals surface area contributed by atoms with Crippen LogP contribution in [0.15, 0.2) is 21.5 Å². The van der Waals surface area contributed by atoms with Crippen LogP contribution in [0.5, 0.6) is 0 Å². The second-order valence-electron chi connectivity index (χ2n) is 5.50. The van der Waals surface area contributed by atoms with E-state index in [9.17, 15) is 18.5 Å². The number of halogens is 2. The lowest BCUT2D eigenvalue weighted by atomic mass is 9.97. The lowest BCUT2D eigenvalue weighted by molar-refractivity contribution is -0.385. The van der Waals surface area contributed by atoms with E-state index in [2.05, 4.69) is 26.0 Å². The van der Waals surface area contributed by atoms with Crippen molar-refractivity contribution in [3.8, 4) is 0 Å². The number of rotatable bonds is 4. The molecule has 2 unspecified atom stereocenters. The molecule has 1 aromatic rings. The van der Waals surface area contributed by atoms with Gasteiger partial charge >= 0.3 is 0 Å². The molecular weight excluding hydrogens is 410 g/mol. The zero-order chi connectivity index (χ0) is 16.5. The molecule has 1 fully saturated rings. The first-order valence-corrected chi connectivity index (χ1v) is 9.17. The lowest BCUT2D eigenvalue weighted by Crippen LogP contribution is -2.48. The highest BCUT2D eigenvalue weighted by atomic mass is 79.9. The molecule has 1 saturated heterocycles. The second kappa shape index (κ2) is 7.89. The zero-order valence-electron chi connectivity index (χ0n) is 12.7. The van der Waals surface area contributed by atoms with Crippen molar-refractivity contribution >= 4 is 44.0 Å². The Bertz CT molecular complexity index is 699. The maximum absolute atomic E-state index is 12.5. The van der Waals surface area contributed by atoms with Crippen LogP contribution in [0.1, 0.15) is 18.9 Å². The standard InChI is InChI=1S/C13H18BrN3O4S.ClH/c1-8-7-15-4-3-12(8)16-22(20,21)10-5-11(14)9(2)13(6-10)17(18)19;/h5-6,8,12,15-16H,3-4,7H2,1-2H3;1H. The predicted octanol–water partition coefficient (Wildman–Crippen LogP) is 2.36. The summed E-state index contributed by atoms with van der Waals surface area (Å²) in [5.74, 6) is 0.160. The molecular formula is C13H19BrClN3O4S. The van der Waals surface area contributed by atoms with E-state index >= 15 is 0 Å². The molecule has 0 aromatic heterocycles. The molecule has 2 atom stereocenters. The van der Waals surface area contributed by atoms with Crippen molar-refractivity contribution in [2.24, 2.45) is 5.92 Å². The molecule has 130 valence electrons. The summed E-state index contributed by atoms with van der Waals surface area (Å²) in [6.07, 6.45) is 0.690. The third-order valence-electron chi connectivity index (χ3n) is 3.89. The van der Waals surface area contributed by atoms with Crippen LogP contribution in [0.2, 0.25) is 0 Å². The number of nitro groups is 1. The van der Waals surface area contributed by atoms with Gasteiger partial charge in [-0.1, -0.05) is 22.9 Å². The van der Waals surface area contributed by atoms with Crippen molar-refractivity contribution in [1.29, 1.82) is 0 Å². The average molecular weight is 429 g/mol. The van der Waals surface area contributed by atoms with Gasteiger partial charge in [-0.3, -0.25) is 10.1 Å². The summed E-state index contributed by atoms with van der Waals surface area (Å²) in [5, 5.41) is 14.3. The van der Waals surface area contributed by atoms with Gasteiger partial charge in [0.1, 0.15) is 0 Å². The molecule has 2 rings (SSSR count).